The molecule has 2 aromatic carbocycles. The van der Waals surface area contributed by atoms with E-state index < -0.39 is 20.1 Å². The second-order valence-electron chi connectivity index (χ2n) is 4.26. The SMILES string of the molecule is CC(=O)Nc1cc([As](=O)(O)O)ccc1O.Sc1ccccc1. The molecule has 0 unspecified atom stereocenters. The number of carbonyl (C=O) groups is 1. The van der Waals surface area contributed by atoms with Crippen LogP contribution in [0.4, 0.5) is 5.69 Å². The van der Waals surface area contributed by atoms with Crippen molar-refractivity contribution in [1.82, 2.24) is 0 Å². The molecule has 0 bridgehead atoms. The Hall–Kier alpha value is -1.66. The average molecular weight is 385 g/mol. The van der Waals surface area contributed by atoms with Crippen molar-refractivity contribution < 1.29 is 21.8 Å². The molecule has 118 valence electrons. The topological polar surface area (TPSA) is 107 Å². The number of phenolic OH excluding ortho intramolecular Hbond substituents is 1. The number of thiol groups is 1. The Labute approximate surface area is 136 Å². The predicted octanol–water partition coefficient (Wildman–Crippen LogP) is 0.887. The van der Waals surface area contributed by atoms with Gasteiger partial charge in [-0.25, -0.2) is 0 Å². The molecule has 2 rings (SSSR count). The molecule has 0 aliphatic heterocycles. The van der Waals surface area contributed by atoms with E-state index in [1.165, 1.54) is 6.92 Å². The first-order valence-electron chi connectivity index (χ1n) is 6.11. The molecule has 0 aromatic heterocycles. The van der Waals surface area contributed by atoms with Gasteiger partial charge in [0.15, 0.2) is 0 Å². The Balaban J connectivity index is 0.000000287. The first-order chi connectivity index (χ1) is 10.2. The summed E-state index contributed by atoms with van der Waals surface area (Å²) in [6.45, 7) is 1.23. The maximum atomic E-state index is 10.9. The summed E-state index contributed by atoms with van der Waals surface area (Å²) in [7, 11) is 0. The predicted molar refractivity (Wildman–Crippen MR) is 86.6 cm³/mol. The van der Waals surface area contributed by atoms with Gasteiger partial charge in [0.05, 0.1) is 0 Å². The Morgan fingerprint density at radius 3 is 2.14 bits per heavy atom. The molecule has 0 fully saturated rings. The molecule has 8 heteroatoms. The van der Waals surface area contributed by atoms with E-state index in [1.807, 2.05) is 30.3 Å². The molecule has 0 atom stereocenters. The number of hydrogen-bond acceptors (Lipinski definition) is 4. The summed E-state index contributed by atoms with van der Waals surface area (Å²) in [5.41, 5.74) is -0.00951. The third kappa shape index (κ3) is 6.40. The van der Waals surface area contributed by atoms with Crippen LogP contribution in [-0.2, 0) is 8.53 Å². The van der Waals surface area contributed by atoms with Crippen LogP contribution in [0.2, 0.25) is 0 Å². The molecule has 0 aliphatic rings. The van der Waals surface area contributed by atoms with Crippen molar-refractivity contribution in [3.63, 3.8) is 0 Å². The molecule has 0 radical (unpaired) electrons. The summed E-state index contributed by atoms with van der Waals surface area (Å²) < 4.78 is 28.6. The van der Waals surface area contributed by atoms with E-state index in [-0.39, 0.29) is 15.8 Å². The second kappa shape index (κ2) is 8.10. The maximum Gasteiger partial charge on any atom is 0.00399 e. The molecule has 0 saturated heterocycles. The number of amides is 1. The zero-order chi connectivity index (χ0) is 16.8. The third-order valence-electron chi connectivity index (χ3n) is 2.38. The number of anilines is 1. The molecule has 0 heterocycles. The largest absolute Gasteiger partial charge is 0.143 e. The van der Waals surface area contributed by atoms with Gasteiger partial charge in [-0.05, 0) is 12.1 Å². The third-order valence-corrected chi connectivity index (χ3v) is 4.68. The van der Waals surface area contributed by atoms with Gasteiger partial charge in [0.2, 0.25) is 0 Å². The van der Waals surface area contributed by atoms with Crippen LogP contribution in [-0.4, -0.2) is 33.4 Å². The van der Waals surface area contributed by atoms with Crippen LogP contribution in [0.1, 0.15) is 6.92 Å². The zero-order valence-electron chi connectivity index (χ0n) is 11.7. The summed E-state index contributed by atoms with van der Waals surface area (Å²) in [6, 6.07) is 13.1. The van der Waals surface area contributed by atoms with Gasteiger partial charge in [-0.2, -0.15) is 0 Å². The van der Waals surface area contributed by atoms with Crippen LogP contribution >= 0.6 is 12.6 Å². The second-order valence-corrected chi connectivity index (χ2v) is 8.14. The number of rotatable bonds is 2. The summed E-state index contributed by atoms with van der Waals surface area (Å²) in [6.07, 6.45) is 0. The van der Waals surface area contributed by atoms with Gasteiger partial charge in [-0.15, -0.1) is 12.6 Å². The van der Waals surface area contributed by atoms with E-state index >= 15 is 0 Å². The number of carbonyl (C=O) groups excluding carboxylic acids is 1. The van der Waals surface area contributed by atoms with Gasteiger partial charge in [-0.3, -0.25) is 0 Å². The fourth-order valence-electron chi connectivity index (χ4n) is 1.42. The van der Waals surface area contributed by atoms with E-state index in [9.17, 15) is 13.6 Å². The van der Waals surface area contributed by atoms with Gasteiger partial charge in [0.25, 0.3) is 0 Å². The number of aromatic hydroxyl groups is 1. The quantitative estimate of drug-likeness (QED) is 0.300. The summed E-state index contributed by atoms with van der Waals surface area (Å²) >= 11 is -0.900. The van der Waals surface area contributed by atoms with Crippen LogP contribution in [0.5, 0.6) is 5.75 Å². The van der Waals surface area contributed by atoms with E-state index in [1.54, 1.807) is 0 Å². The van der Waals surface area contributed by atoms with Crippen LogP contribution in [0.15, 0.2) is 53.4 Å². The first kappa shape index (κ1) is 18.4. The molecule has 0 spiro atoms. The van der Waals surface area contributed by atoms with Gasteiger partial charge >= 0.3 is 88.1 Å². The Kier molecular flexibility index (Phi) is 6.77. The Morgan fingerprint density at radius 2 is 1.73 bits per heavy atom. The molecule has 0 aliphatic carbocycles. The summed E-state index contributed by atoms with van der Waals surface area (Å²) in [4.78, 5) is 11.7. The number of phenols is 1. The van der Waals surface area contributed by atoms with Gasteiger partial charge in [0.1, 0.15) is 0 Å². The molecular formula is C14H16AsNO5S. The molecule has 2 aromatic rings. The Morgan fingerprint density at radius 1 is 1.14 bits per heavy atom. The van der Waals surface area contributed by atoms with Crippen molar-refractivity contribution in [2.45, 2.75) is 11.8 Å². The standard InChI is InChI=1S/C8H10AsNO5.C6H6S/c1-5(11)10-7-4-6(9(13,14)15)2-3-8(7)12;7-6-4-2-1-3-5-6/h2-4,12H,1H3,(H,10,11)(H2,13,14,15);1-5,7H. The van der Waals surface area contributed by atoms with E-state index in [4.69, 9.17) is 8.19 Å². The maximum absolute atomic E-state index is 10.9. The van der Waals surface area contributed by atoms with Crippen molar-refractivity contribution >= 4 is 42.7 Å². The van der Waals surface area contributed by atoms with Crippen molar-refractivity contribution in [2.75, 3.05) is 5.32 Å². The fraction of sp³-hybridized carbons (Fsp3) is 0.0714. The minimum absolute atomic E-state index is 0.00951. The number of benzene rings is 2. The van der Waals surface area contributed by atoms with Crippen molar-refractivity contribution in [2.24, 2.45) is 0 Å². The summed E-state index contributed by atoms with van der Waals surface area (Å²) in [5.74, 6) is -0.668. The van der Waals surface area contributed by atoms with Crippen molar-refractivity contribution in [1.29, 1.82) is 0 Å². The summed E-state index contributed by atoms with van der Waals surface area (Å²) in [5, 5.41) is 11.6. The zero-order valence-corrected chi connectivity index (χ0v) is 14.4. The monoisotopic (exact) mass is 385 g/mol. The molecule has 6 nitrogen and oxygen atoms in total. The van der Waals surface area contributed by atoms with E-state index in [2.05, 4.69) is 17.9 Å². The number of nitrogens with one attached hydrogen (secondary N) is 1. The smallest absolute Gasteiger partial charge is 0.00399 e. The van der Waals surface area contributed by atoms with Gasteiger partial charge in [0, 0.05) is 4.90 Å². The first-order valence-corrected chi connectivity index (χ1v) is 9.94. The van der Waals surface area contributed by atoms with E-state index in [0.29, 0.717) is 0 Å². The molecule has 1 amide bonds. The van der Waals surface area contributed by atoms with Gasteiger partial charge in [-0.1, -0.05) is 18.2 Å². The van der Waals surface area contributed by atoms with Crippen LogP contribution in [0.3, 0.4) is 0 Å². The fourth-order valence-corrected chi connectivity index (χ4v) is 2.78. The minimum atomic E-state index is -4.98. The van der Waals surface area contributed by atoms with Crippen molar-refractivity contribution in [3.05, 3.63) is 48.5 Å². The molecule has 0 saturated carbocycles. The minimum Gasteiger partial charge on any atom is -0.143 e. The average Bonchev–Trinajstić information content (AvgIpc) is 2.41. The van der Waals surface area contributed by atoms with Crippen molar-refractivity contribution in [3.8, 4) is 5.75 Å². The van der Waals surface area contributed by atoms with Crippen LogP contribution in [0.25, 0.3) is 0 Å². The van der Waals surface area contributed by atoms with Crippen LogP contribution < -0.4 is 9.67 Å². The molecular weight excluding hydrogens is 369 g/mol. The Bertz CT molecular complexity index is 687. The normalized spacial score (nSPS) is 10.4. The molecule has 22 heavy (non-hydrogen) atoms. The number of hydrogen-bond donors (Lipinski definition) is 5. The van der Waals surface area contributed by atoms with E-state index in [0.717, 1.165) is 23.1 Å². The molecule has 4 N–H and O–H groups in total. The van der Waals surface area contributed by atoms with Crippen LogP contribution in [0, 0.1) is 0 Å². The van der Waals surface area contributed by atoms with Gasteiger partial charge < -0.3 is 0 Å².